The molecule has 3 rings (SSSR count). The van der Waals surface area contributed by atoms with Gasteiger partial charge in [-0.3, -0.25) is 4.79 Å². The molecule has 0 heterocycles. The Balaban J connectivity index is 2.12. The Kier molecular flexibility index (Phi) is 2.25. The molecule has 1 N–H and O–H groups in total. The molecule has 17 heavy (non-hydrogen) atoms. The van der Waals surface area contributed by atoms with Crippen LogP contribution in [0.3, 0.4) is 0 Å². The highest BCUT2D eigenvalue weighted by Gasteiger charge is 2.48. The highest BCUT2D eigenvalue weighted by molar-refractivity contribution is 5.82. The molecule has 0 aliphatic heterocycles. The molecule has 0 unspecified atom stereocenters. The molecule has 0 amide bonds. The van der Waals surface area contributed by atoms with Crippen molar-refractivity contribution in [3.05, 3.63) is 34.6 Å². The number of hydrogen-bond acceptors (Lipinski definition) is 1. The van der Waals surface area contributed by atoms with Gasteiger partial charge in [-0.05, 0) is 43.2 Å². The van der Waals surface area contributed by atoms with Crippen LogP contribution in [0, 0.1) is 5.82 Å². The fourth-order valence-corrected chi connectivity index (χ4v) is 3.12. The first-order valence-corrected chi connectivity index (χ1v) is 6.19. The van der Waals surface area contributed by atoms with Crippen LogP contribution in [0.1, 0.15) is 42.4 Å². The smallest absolute Gasteiger partial charge is 0.314 e. The second-order valence-electron chi connectivity index (χ2n) is 5.16. The standard InChI is InChI=1S/C14H15FO2/c15-12-10-4-1-3-9(10)5-6-11(12)14(13(16)17)7-2-8-14/h5-6H,1-4,7-8H2,(H,16,17). The van der Waals surface area contributed by atoms with Gasteiger partial charge in [0.2, 0.25) is 0 Å². The molecular formula is C14H15FO2. The highest BCUT2D eigenvalue weighted by Crippen LogP contribution is 2.46. The molecule has 0 radical (unpaired) electrons. The normalized spacial score (nSPS) is 20.8. The molecule has 0 atom stereocenters. The van der Waals surface area contributed by atoms with E-state index in [-0.39, 0.29) is 5.82 Å². The van der Waals surface area contributed by atoms with E-state index in [1.807, 2.05) is 6.07 Å². The van der Waals surface area contributed by atoms with Crippen LogP contribution in [0.5, 0.6) is 0 Å². The second kappa shape index (κ2) is 3.56. The molecule has 0 spiro atoms. The summed E-state index contributed by atoms with van der Waals surface area (Å²) in [5.74, 6) is -1.12. The average molecular weight is 234 g/mol. The predicted octanol–water partition coefficient (Wildman–Crippen LogP) is 2.82. The molecule has 3 heteroatoms. The molecule has 1 saturated carbocycles. The summed E-state index contributed by atoms with van der Waals surface area (Å²) >= 11 is 0. The van der Waals surface area contributed by atoms with Crippen LogP contribution in [-0.4, -0.2) is 11.1 Å². The minimum Gasteiger partial charge on any atom is -0.481 e. The molecule has 2 aliphatic carbocycles. The molecule has 1 fully saturated rings. The van der Waals surface area contributed by atoms with E-state index < -0.39 is 11.4 Å². The fourth-order valence-electron chi connectivity index (χ4n) is 3.12. The minimum atomic E-state index is -0.943. The summed E-state index contributed by atoms with van der Waals surface area (Å²) in [5.41, 5.74) is 1.29. The summed E-state index contributed by atoms with van der Waals surface area (Å²) in [6, 6.07) is 3.62. The van der Waals surface area contributed by atoms with Crippen LogP contribution >= 0.6 is 0 Å². The number of rotatable bonds is 2. The number of halogens is 1. The van der Waals surface area contributed by atoms with Gasteiger partial charge in [0.25, 0.3) is 0 Å². The zero-order chi connectivity index (χ0) is 12.0. The summed E-state index contributed by atoms with van der Waals surface area (Å²) < 4.78 is 14.4. The largest absolute Gasteiger partial charge is 0.481 e. The molecule has 0 bridgehead atoms. The van der Waals surface area contributed by atoms with Gasteiger partial charge >= 0.3 is 5.97 Å². The maximum Gasteiger partial charge on any atom is 0.314 e. The van der Waals surface area contributed by atoms with Crippen LogP contribution in [0.2, 0.25) is 0 Å². The topological polar surface area (TPSA) is 37.3 Å². The molecule has 2 aliphatic rings. The number of aliphatic carboxylic acids is 1. The van der Waals surface area contributed by atoms with E-state index in [0.717, 1.165) is 36.8 Å². The third kappa shape index (κ3) is 1.34. The van der Waals surface area contributed by atoms with Crippen molar-refractivity contribution in [1.29, 1.82) is 0 Å². The lowest BCUT2D eigenvalue weighted by Gasteiger charge is -2.38. The predicted molar refractivity (Wildman–Crippen MR) is 61.6 cm³/mol. The van der Waals surface area contributed by atoms with Crippen molar-refractivity contribution in [3.63, 3.8) is 0 Å². The average Bonchev–Trinajstić information content (AvgIpc) is 2.67. The van der Waals surface area contributed by atoms with Gasteiger partial charge in [0.15, 0.2) is 0 Å². The number of aryl methyl sites for hydroxylation is 1. The molecule has 0 saturated heterocycles. The summed E-state index contributed by atoms with van der Waals surface area (Å²) in [5, 5.41) is 9.34. The number of carboxylic acid groups (broad SMARTS) is 1. The first-order valence-electron chi connectivity index (χ1n) is 6.19. The Morgan fingerprint density at radius 2 is 2.00 bits per heavy atom. The van der Waals surface area contributed by atoms with E-state index >= 15 is 0 Å². The third-order valence-electron chi connectivity index (χ3n) is 4.35. The maximum atomic E-state index is 14.4. The highest BCUT2D eigenvalue weighted by atomic mass is 19.1. The Morgan fingerprint density at radius 1 is 1.24 bits per heavy atom. The lowest BCUT2D eigenvalue weighted by Crippen LogP contribution is -2.43. The van der Waals surface area contributed by atoms with Gasteiger partial charge in [0, 0.05) is 5.56 Å². The fraction of sp³-hybridized carbons (Fsp3) is 0.500. The monoisotopic (exact) mass is 234 g/mol. The third-order valence-corrected chi connectivity index (χ3v) is 4.35. The summed E-state index contributed by atoms with van der Waals surface area (Å²) in [4.78, 5) is 11.4. The SMILES string of the molecule is O=C(O)C1(c2ccc3c(c2F)CCC3)CCC1. The number of benzene rings is 1. The van der Waals surface area contributed by atoms with Crippen LogP contribution in [0.15, 0.2) is 12.1 Å². The lowest BCUT2D eigenvalue weighted by atomic mass is 9.64. The summed E-state index contributed by atoms with van der Waals surface area (Å²) in [6.07, 6.45) is 4.67. The molecular weight excluding hydrogens is 219 g/mol. The number of carboxylic acids is 1. The van der Waals surface area contributed by atoms with Gasteiger partial charge in [0.1, 0.15) is 5.82 Å². The first-order chi connectivity index (χ1) is 8.15. The van der Waals surface area contributed by atoms with Gasteiger partial charge in [-0.1, -0.05) is 18.6 Å². The van der Waals surface area contributed by atoms with Crippen molar-refractivity contribution in [3.8, 4) is 0 Å². The van der Waals surface area contributed by atoms with Crippen LogP contribution in [0.4, 0.5) is 4.39 Å². The van der Waals surface area contributed by atoms with Gasteiger partial charge in [-0.2, -0.15) is 0 Å². The molecule has 90 valence electrons. The summed E-state index contributed by atoms with van der Waals surface area (Å²) in [7, 11) is 0. The quantitative estimate of drug-likeness (QED) is 0.854. The minimum absolute atomic E-state index is 0.248. The van der Waals surface area contributed by atoms with Crippen LogP contribution in [0.25, 0.3) is 0 Å². The Bertz CT molecular complexity index is 489. The van der Waals surface area contributed by atoms with Gasteiger partial charge in [-0.25, -0.2) is 4.39 Å². The van der Waals surface area contributed by atoms with Gasteiger partial charge < -0.3 is 5.11 Å². The zero-order valence-electron chi connectivity index (χ0n) is 9.63. The Morgan fingerprint density at radius 3 is 2.59 bits per heavy atom. The zero-order valence-corrected chi connectivity index (χ0v) is 9.63. The number of carbonyl (C=O) groups is 1. The number of fused-ring (bicyclic) bond motifs is 1. The molecule has 1 aromatic rings. The molecule has 1 aromatic carbocycles. The Labute approximate surface area is 99.5 Å². The Hall–Kier alpha value is -1.38. The van der Waals surface area contributed by atoms with E-state index in [2.05, 4.69) is 0 Å². The van der Waals surface area contributed by atoms with Crippen molar-refractivity contribution in [2.45, 2.75) is 43.9 Å². The van der Waals surface area contributed by atoms with Gasteiger partial charge in [-0.15, -0.1) is 0 Å². The molecule has 2 nitrogen and oxygen atoms in total. The van der Waals surface area contributed by atoms with Crippen molar-refractivity contribution in [1.82, 2.24) is 0 Å². The van der Waals surface area contributed by atoms with Crippen LogP contribution < -0.4 is 0 Å². The molecule has 0 aromatic heterocycles. The van der Waals surface area contributed by atoms with Crippen LogP contribution in [-0.2, 0) is 23.1 Å². The van der Waals surface area contributed by atoms with Gasteiger partial charge in [0.05, 0.1) is 5.41 Å². The van der Waals surface area contributed by atoms with Crippen molar-refractivity contribution in [2.24, 2.45) is 0 Å². The number of hydrogen-bond donors (Lipinski definition) is 1. The van der Waals surface area contributed by atoms with E-state index in [1.54, 1.807) is 6.07 Å². The van der Waals surface area contributed by atoms with Crippen molar-refractivity contribution < 1.29 is 14.3 Å². The first kappa shape index (κ1) is 10.8. The van der Waals surface area contributed by atoms with E-state index in [1.165, 1.54) is 0 Å². The van der Waals surface area contributed by atoms with E-state index in [4.69, 9.17) is 0 Å². The maximum absolute atomic E-state index is 14.4. The summed E-state index contributed by atoms with van der Waals surface area (Å²) in [6.45, 7) is 0. The van der Waals surface area contributed by atoms with Crippen molar-refractivity contribution >= 4 is 5.97 Å². The second-order valence-corrected chi connectivity index (χ2v) is 5.16. The lowest BCUT2D eigenvalue weighted by molar-refractivity contribution is -0.147. The van der Waals surface area contributed by atoms with Crippen molar-refractivity contribution in [2.75, 3.05) is 0 Å². The van der Waals surface area contributed by atoms with E-state index in [9.17, 15) is 14.3 Å². The van der Waals surface area contributed by atoms with E-state index in [0.29, 0.717) is 18.4 Å².